The van der Waals surface area contributed by atoms with Gasteiger partial charge in [-0.15, -0.1) is 11.3 Å². The van der Waals surface area contributed by atoms with Gasteiger partial charge in [-0.1, -0.05) is 28.1 Å². The normalized spacial score (nSPS) is 11.0. The molecule has 1 amide bonds. The fraction of sp³-hybridized carbons (Fsp3) is 0.100. The quantitative estimate of drug-likeness (QED) is 0.497. The maximum absolute atomic E-state index is 12.8. The van der Waals surface area contributed by atoms with E-state index in [0.717, 1.165) is 25.8 Å². The van der Waals surface area contributed by atoms with Crippen LogP contribution in [0.15, 0.2) is 70.8 Å². The van der Waals surface area contributed by atoms with Crippen molar-refractivity contribution in [3.05, 3.63) is 87.6 Å². The number of amides is 1. The molecule has 4 aromatic rings. The van der Waals surface area contributed by atoms with Crippen LogP contribution in [0.2, 0.25) is 0 Å². The van der Waals surface area contributed by atoms with E-state index in [9.17, 15) is 4.79 Å². The van der Waals surface area contributed by atoms with Crippen molar-refractivity contribution >= 4 is 43.4 Å². The van der Waals surface area contributed by atoms with Gasteiger partial charge in [-0.3, -0.25) is 9.78 Å². The summed E-state index contributed by atoms with van der Waals surface area (Å²) in [5, 5.41) is 5.07. The van der Waals surface area contributed by atoms with E-state index in [1.165, 1.54) is 0 Å². The topological polar surface area (TPSA) is 46.9 Å². The van der Waals surface area contributed by atoms with Gasteiger partial charge in [0.1, 0.15) is 5.69 Å². The molecule has 1 aromatic carbocycles. The van der Waals surface area contributed by atoms with E-state index in [-0.39, 0.29) is 5.91 Å². The fourth-order valence-electron chi connectivity index (χ4n) is 2.88. The van der Waals surface area contributed by atoms with Gasteiger partial charge in [-0.05, 0) is 52.9 Å². The number of carbonyl (C=O) groups is 1. The molecule has 4 rings (SSSR count). The van der Waals surface area contributed by atoms with E-state index in [4.69, 9.17) is 0 Å². The first-order valence-electron chi connectivity index (χ1n) is 8.19. The summed E-state index contributed by atoms with van der Waals surface area (Å²) in [4.78, 5) is 16.8. The van der Waals surface area contributed by atoms with Gasteiger partial charge in [0.2, 0.25) is 0 Å². The Morgan fingerprint density at radius 3 is 2.62 bits per heavy atom. The molecule has 4 nitrogen and oxygen atoms in total. The second-order valence-electron chi connectivity index (χ2n) is 5.95. The Morgan fingerprint density at radius 1 is 1.08 bits per heavy atom. The summed E-state index contributed by atoms with van der Waals surface area (Å²) in [6.07, 6.45) is 3.46. The summed E-state index contributed by atoms with van der Waals surface area (Å²) < 4.78 is 4.25. The number of nitrogens with zero attached hydrogens (tertiary/aromatic N) is 2. The van der Waals surface area contributed by atoms with Gasteiger partial charge in [-0.25, -0.2) is 0 Å². The highest BCUT2D eigenvalue weighted by Crippen LogP contribution is 2.26. The highest BCUT2D eigenvalue weighted by molar-refractivity contribution is 9.10. The Bertz CT molecular complexity index is 1040. The Morgan fingerprint density at radius 2 is 1.85 bits per heavy atom. The lowest BCUT2D eigenvalue weighted by Crippen LogP contribution is -2.25. The van der Waals surface area contributed by atoms with Crippen molar-refractivity contribution in [2.75, 3.05) is 0 Å². The minimum atomic E-state index is -0.0673. The molecule has 0 fully saturated rings. The van der Waals surface area contributed by atoms with Crippen molar-refractivity contribution in [3.8, 4) is 0 Å². The minimum Gasteiger partial charge on any atom is -0.347 e. The fourth-order valence-corrected chi connectivity index (χ4v) is 3.97. The zero-order chi connectivity index (χ0) is 17.9. The van der Waals surface area contributed by atoms with Gasteiger partial charge in [0.25, 0.3) is 5.91 Å². The molecule has 130 valence electrons. The molecule has 3 heterocycles. The van der Waals surface area contributed by atoms with Crippen LogP contribution in [0, 0.1) is 0 Å². The van der Waals surface area contributed by atoms with Crippen molar-refractivity contribution in [1.82, 2.24) is 14.9 Å². The predicted octanol–water partition coefficient (Wildman–Crippen LogP) is 4.84. The van der Waals surface area contributed by atoms with Crippen molar-refractivity contribution in [3.63, 3.8) is 0 Å². The number of pyridine rings is 1. The molecule has 0 radical (unpaired) electrons. The molecule has 0 atom stereocenters. The van der Waals surface area contributed by atoms with E-state index in [1.54, 1.807) is 23.7 Å². The van der Waals surface area contributed by atoms with E-state index >= 15 is 0 Å². The summed E-state index contributed by atoms with van der Waals surface area (Å²) in [5.41, 5.74) is 3.96. The van der Waals surface area contributed by atoms with Crippen LogP contribution in [-0.2, 0) is 13.1 Å². The number of fused-ring (bicyclic) bond motifs is 1. The van der Waals surface area contributed by atoms with Gasteiger partial charge < -0.3 is 9.88 Å². The lowest BCUT2D eigenvalue weighted by atomic mass is 10.2. The van der Waals surface area contributed by atoms with Crippen LogP contribution in [0.5, 0.6) is 0 Å². The van der Waals surface area contributed by atoms with Gasteiger partial charge >= 0.3 is 0 Å². The molecular formula is C20H16BrN3OS. The largest absolute Gasteiger partial charge is 0.347 e. The van der Waals surface area contributed by atoms with Crippen LogP contribution in [0.3, 0.4) is 0 Å². The van der Waals surface area contributed by atoms with Crippen LogP contribution < -0.4 is 5.32 Å². The zero-order valence-corrected chi connectivity index (χ0v) is 16.3. The maximum Gasteiger partial charge on any atom is 0.268 e. The SMILES string of the molecule is O=C(NCc1ccncc1)c1cc2sccc2n1Cc1ccc(Br)cc1. The lowest BCUT2D eigenvalue weighted by Gasteiger charge is -2.11. The molecule has 0 aliphatic carbocycles. The van der Waals surface area contributed by atoms with E-state index in [2.05, 4.69) is 54.4 Å². The molecule has 0 unspecified atom stereocenters. The molecule has 6 heteroatoms. The van der Waals surface area contributed by atoms with Crippen LogP contribution in [0.4, 0.5) is 0 Å². The summed E-state index contributed by atoms with van der Waals surface area (Å²) in [6, 6.07) is 16.0. The molecule has 0 aliphatic heterocycles. The molecule has 1 N–H and O–H groups in total. The van der Waals surface area contributed by atoms with Crippen LogP contribution >= 0.6 is 27.3 Å². The first-order valence-corrected chi connectivity index (χ1v) is 9.86. The van der Waals surface area contributed by atoms with Gasteiger partial charge in [0.15, 0.2) is 0 Å². The number of aromatic nitrogens is 2. The number of thiophene rings is 1. The Labute approximate surface area is 163 Å². The Kier molecular flexibility index (Phi) is 4.86. The van der Waals surface area contributed by atoms with E-state index in [0.29, 0.717) is 18.8 Å². The highest BCUT2D eigenvalue weighted by atomic mass is 79.9. The Hall–Kier alpha value is -2.44. The number of halogens is 1. The van der Waals surface area contributed by atoms with Gasteiger partial charge in [0.05, 0.1) is 10.2 Å². The molecule has 0 saturated carbocycles. The average Bonchev–Trinajstić information content (AvgIpc) is 3.25. The number of nitrogens with one attached hydrogen (secondary N) is 1. The van der Waals surface area contributed by atoms with Crippen molar-refractivity contribution in [2.45, 2.75) is 13.1 Å². The molecule has 3 aromatic heterocycles. The average molecular weight is 426 g/mol. The standard InChI is InChI=1S/C20H16BrN3OS/c21-16-3-1-15(2-4-16)13-24-17-7-10-26-19(17)11-18(24)20(25)23-12-14-5-8-22-9-6-14/h1-11H,12-13H2,(H,23,25). The zero-order valence-electron chi connectivity index (χ0n) is 13.9. The van der Waals surface area contributed by atoms with E-state index in [1.807, 2.05) is 30.3 Å². The van der Waals surface area contributed by atoms with E-state index < -0.39 is 0 Å². The first-order chi connectivity index (χ1) is 12.7. The van der Waals surface area contributed by atoms with Gasteiger partial charge in [0, 0.05) is 30.0 Å². The summed E-state index contributed by atoms with van der Waals surface area (Å²) >= 11 is 5.11. The van der Waals surface area contributed by atoms with Crippen LogP contribution in [0.1, 0.15) is 21.6 Å². The number of hydrogen-bond acceptors (Lipinski definition) is 3. The molecule has 0 aliphatic rings. The third-order valence-corrected chi connectivity index (χ3v) is 5.59. The summed E-state index contributed by atoms with van der Waals surface area (Å²) in [7, 11) is 0. The van der Waals surface area contributed by atoms with Crippen molar-refractivity contribution in [1.29, 1.82) is 0 Å². The number of benzene rings is 1. The molecule has 26 heavy (non-hydrogen) atoms. The molecule has 0 spiro atoms. The Balaban J connectivity index is 1.60. The van der Waals surface area contributed by atoms with Gasteiger partial charge in [-0.2, -0.15) is 0 Å². The lowest BCUT2D eigenvalue weighted by molar-refractivity contribution is 0.0942. The summed E-state index contributed by atoms with van der Waals surface area (Å²) in [5.74, 6) is -0.0673. The smallest absolute Gasteiger partial charge is 0.268 e. The number of hydrogen-bond donors (Lipinski definition) is 1. The summed E-state index contributed by atoms with van der Waals surface area (Å²) in [6.45, 7) is 1.14. The molecule has 0 saturated heterocycles. The van der Waals surface area contributed by atoms with Crippen LogP contribution in [0.25, 0.3) is 10.2 Å². The maximum atomic E-state index is 12.8. The third kappa shape index (κ3) is 3.57. The molecule has 0 bridgehead atoms. The second-order valence-corrected chi connectivity index (χ2v) is 7.81. The van der Waals surface area contributed by atoms with Crippen molar-refractivity contribution < 1.29 is 4.79 Å². The third-order valence-electron chi connectivity index (χ3n) is 4.21. The highest BCUT2D eigenvalue weighted by Gasteiger charge is 2.16. The first kappa shape index (κ1) is 17.0. The monoisotopic (exact) mass is 425 g/mol. The van der Waals surface area contributed by atoms with Crippen molar-refractivity contribution in [2.24, 2.45) is 0 Å². The number of carbonyl (C=O) groups excluding carboxylic acids is 1. The minimum absolute atomic E-state index is 0.0673. The second kappa shape index (κ2) is 7.43. The predicted molar refractivity (Wildman–Crippen MR) is 108 cm³/mol. The van der Waals surface area contributed by atoms with Crippen LogP contribution in [-0.4, -0.2) is 15.5 Å². The number of rotatable bonds is 5. The molecular weight excluding hydrogens is 410 g/mol.